The number of amides is 1. The lowest BCUT2D eigenvalue weighted by Crippen LogP contribution is -2.31. The number of anilines is 1. The van der Waals surface area contributed by atoms with Crippen LogP contribution in [0.4, 0.5) is 5.82 Å². The van der Waals surface area contributed by atoms with Crippen LogP contribution < -0.4 is 11.1 Å². The van der Waals surface area contributed by atoms with Crippen LogP contribution in [0.2, 0.25) is 0 Å². The molecule has 0 spiro atoms. The predicted octanol–water partition coefficient (Wildman–Crippen LogP) is -0.0768. The first-order valence-electron chi connectivity index (χ1n) is 5.71. The smallest absolute Gasteiger partial charge is 0.327 e. The Balaban J connectivity index is 2.19. The highest BCUT2D eigenvalue weighted by Gasteiger charge is 2.08. The summed E-state index contributed by atoms with van der Waals surface area (Å²) in [6.07, 6.45) is 1.74. The lowest BCUT2D eigenvalue weighted by molar-refractivity contribution is -0.145. The molecule has 3 N–H and O–H groups in total. The summed E-state index contributed by atoms with van der Waals surface area (Å²) in [5, 5.41) is 6.55. The zero-order chi connectivity index (χ0) is 13.5. The molecule has 0 saturated heterocycles. The van der Waals surface area contributed by atoms with E-state index in [9.17, 15) is 9.59 Å². The Morgan fingerprint density at radius 3 is 2.83 bits per heavy atom. The van der Waals surface area contributed by atoms with Gasteiger partial charge in [0.2, 0.25) is 5.91 Å². The van der Waals surface area contributed by atoms with Crippen LogP contribution in [0, 0.1) is 0 Å². The van der Waals surface area contributed by atoms with Gasteiger partial charge in [0.05, 0.1) is 6.42 Å². The number of ether oxygens (including phenoxy) is 1. The summed E-state index contributed by atoms with van der Waals surface area (Å²) < 4.78 is 6.29. The predicted molar refractivity (Wildman–Crippen MR) is 65.5 cm³/mol. The average Bonchev–Trinajstić information content (AvgIpc) is 2.62. The molecular weight excluding hydrogens is 236 g/mol. The quantitative estimate of drug-likeness (QED) is 0.692. The molecule has 1 heterocycles. The minimum Gasteiger partial charge on any atom is -0.464 e. The number of nitrogens with zero attached hydrogens (tertiary/aromatic N) is 2. The lowest BCUT2D eigenvalue weighted by Gasteiger charge is -2.08. The summed E-state index contributed by atoms with van der Waals surface area (Å²) in [6, 6.07) is 1.67. The van der Waals surface area contributed by atoms with Crippen LogP contribution in [0.3, 0.4) is 0 Å². The number of nitrogen functional groups attached to an aromatic ring is 1. The number of hydrogen-bond acceptors (Lipinski definition) is 5. The molecule has 0 aromatic carbocycles. The van der Waals surface area contributed by atoms with Crippen LogP contribution in [-0.4, -0.2) is 34.3 Å². The molecule has 0 bridgehead atoms. The van der Waals surface area contributed by atoms with Gasteiger partial charge in [-0.15, -0.1) is 0 Å². The van der Waals surface area contributed by atoms with Crippen molar-refractivity contribution in [3.8, 4) is 0 Å². The van der Waals surface area contributed by atoms with Crippen molar-refractivity contribution in [3.05, 3.63) is 12.3 Å². The third-order valence-corrected chi connectivity index (χ3v) is 1.99. The van der Waals surface area contributed by atoms with E-state index in [0.717, 1.165) is 0 Å². The third-order valence-electron chi connectivity index (χ3n) is 1.99. The topological polar surface area (TPSA) is 99.2 Å². The number of aromatic nitrogens is 2. The van der Waals surface area contributed by atoms with Crippen LogP contribution in [-0.2, 0) is 20.9 Å². The molecule has 0 fully saturated rings. The molecule has 0 aliphatic heterocycles. The Hall–Kier alpha value is -2.05. The van der Waals surface area contributed by atoms with Crippen molar-refractivity contribution in [2.75, 3.05) is 12.3 Å². The van der Waals surface area contributed by atoms with Crippen LogP contribution in [0.5, 0.6) is 0 Å². The second-order valence-corrected chi connectivity index (χ2v) is 4.13. The summed E-state index contributed by atoms with van der Waals surface area (Å²) in [7, 11) is 0. The number of hydrogen-bond donors (Lipinski definition) is 2. The number of nitrogens with one attached hydrogen (secondary N) is 1. The van der Waals surface area contributed by atoms with E-state index in [2.05, 4.69) is 10.4 Å². The number of nitrogens with two attached hydrogens (primary N) is 1. The zero-order valence-corrected chi connectivity index (χ0v) is 10.5. The van der Waals surface area contributed by atoms with Crippen molar-refractivity contribution >= 4 is 17.7 Å². The van der Waals surface area contributed by atoms with Crippen LogP contribution in [0.15, 0.2) is 12.3 Å². The number of esters is 1. The molecule has 1 rings (SSSR count). The minimum atomic E-state index is -0.449. The van der Waals surface area contributed by atoms with Crippen molar-refractivity contribution in [2.45, 2.75) is 32.9 Å². The van der Waals surface area contributed by atoms with Crippen molar-refractivity contribution in [1.82, 2.24) is 15.1 Å². The first kappa shape index (κ1) is 14.0. The molecular formula is C11H18N4O3. The highest BCUT2D eigenvalue weighted by atomic mass is 16.5. The van der Waals surface area contributed by atoms with E-state index >= 15 is 0 Å². The van der Waals surface area contributed by atoms with E-state index in [1.165, 1.54) is 4.68 Å². The molecule has 0 atom stereocenters. The van der Waals surface area contributed by atoms with Gasteiger partial charge in [0, 0.05) is 12.2 Å². The first-order valence-corrected chi connectivity index (χ1v) is 5.71. The van der Waals surface area contributed by atoms with E-state index in [-0.39, 0.29) is 31.5 Å². The normalized spacial score (nSPS) is 10.4. The second-order valence-electron chi connectivity index (χ2n) is 4.13. The highest BCUT2D eigenvalue weighted by Crippen LogP contribution is 1.96. The Morgan fingerprint density at radius 2 is 2.28 bits per heavy atom. The average molecular weight is 254 g/mol. The van der Waals surface area contributed by atoms with Crippen molar-refractivity contribution in [2.24, 2.45) is 0 Å². The van der Waals surface area contributed by atoms with Crippen LogP contribution in [0.1, 0.15) is 20.3 Å². The van der Waals surface area contributed by atoms with Crippen molar-refractivity contribution in [1.29, 1.82) is 0 Å². The summed E-state index contributed by atoms with van der Waals surface area (Å²) in [5.41, 5.74) is 5.40. The van der Waals surface area contributed by atoms with Crippen LogP contribution in [0.25, 0.3) is 0 Å². The lowest BCUT2D eigenvalue weighted by atomic mass is 10.3. The third kappa shape index (κ3) is 5.33. The SMILES string of the molecule is CC(C)NC(=O)CCOC(=O)Cn1ccc(N)n1. The molecule has 7 heteroatoms. The van der Waals surface area contributed by atoms with E-state index in [1.54, 1.807) is 12.3 Å². The molecule has 1 amide bonds. The molecule has 0 unspecified atom stereocenters. The molecule has 0 aliphatic rings. The van der Waals surface area contributed by atoms with Gasteiger partial charge in [-0.05, 0) is 19.9 Å². The molecule has 1 aromatic rings. The molecule has 0 radical (unpaired) electrons. The number of carbonyl (C=O) groups excluding carboxylic acids is 2. The van der Waals surface area contributed by atoms with E-state index in [0.29, 0.717) is 5.82 Å². The molecule has 100 valence electrons. The second kappa shape index (κ2) is 6.63. The Kier molecular flexibility index (Phi) is 5.16. The number of rotatable bonds is 6. The monoisotopic (exact) mass is 254 g/mol. The van der Waals surface area contributed by atoms with Crippen molar-refractivity contribution in [3.63, 3.8) is 0 Å². The van der Waals surface area contributed by atoms with Crippen LogP contribution >= 0.6 is 0 Å². The van der Waals surface area contributed by atoms with Gasteiger partial charge in [0.15, 0.2) is 0 Å². The molecule has 1 aromatic heterocycles. The number of carbonyl (C=O) groups is 2. The van der Waals surface area contributed by atoms with Gasteiger partial charge in [-0.2, -0.15) is 5.10 Å². The summed E-state index contributed by atoms with van der Waals surface area (Å²) in [5.74, 6) is -0.240. The fourth-order valence-corrected chi connectivity index (χ4v) is 1.30. The molecule has 7 nitrogen and oxygen atoms in total. The van der Waals surface area contributed by atoms with Gasteiger partial charge < -0.3 is 15.8 Å². The molecule has 0 aliphatic carbocycles. The maximum Gasteiger partial charge on any atom is 0.327 e. The highest BCUT2D eigenvalue weighted by molar-refractivity contribution is 5.76. The standard InChI is InChI=1S/C11H18N4O3/c1-8(2)13-10(16)4-6-18-11(17)7-15-5-3-9(12)14-15/h3,5,8H,4,6-7H2,1-2H3,(H2,12,14)(H,13,16). The Bertz CT molecular complexity index is 414. The first-order chi connectivity index (χ1) is 8.47. The maximum atomic E-state index is 11.4. The van der Waals surface area contributed by atoms with Crippen molar-refractivity contribution < 1.29 is 14.3 Å². The Morgan fingerprint density at radius 1 is 1.56 bits per heavy atom. The summed E-state index contributed by atoms with van der Waals surface area (Å²) in [4.78, 5) is 22.6. The summed E-state index contributed by atoms with van der Waals surface area (Å²) in [6.45, 7) is 3.79. The van der Waals surface area contributed by atoms with Gasteiger partial charge in [-0.25, -0.2) is 0 Å². The summed E-state index contributed by atoms with van der Waals surface area (Å²) >= 11 is 0. The molecule has 18 heavy (non-hydrogen) atoms. The fourth-order valence-electron chi connectivity index (χ4n) is 1.30. The largest absolute Gasteiger partial charge is 0.464 e. The van der Waals surface area contributed by atoms with E-state index < -0.39 is 5.97 Å². The van der Waals surface area contributed by atoms with E-state index in [1.807, 2.05) is 13.8 Å². The maximum absolute atomic E-state index is 11.4. The van der Waals surface area contributed by atoms with Gasteiger partial charge in [0.1, 0.15) is 19.0 Å². The Labute approximate surface area is 105 Å². The fraction of sp³-hybridized carbons (Fsp3) is 0.545. The van der Waals surface area contributed by atoms with Gasteiger partial charge in [-0.1, -0.05) is 0 Å². The van der Waals surface area contributed by atoms with E-state index in [4.69, 9.17) is 10.5 Å². The van der Waals surface area contributed by atoms with Gasteiger partial charge >= 0.3 is 5.97 Å². The van der Waals surface area contributed by atoms with Gasteiger partial charge in [0.25, 0.3) is 0 Å². The molecule has 0 saturated carbocycles. The minimum absolute atomic E-state index is 0.0109. The van der Waals surface area contributed by atoms with Gasteiger partial charge in [-0.3, -0.25) is 14.3 Å². The zero-order valence-electron chi connectivity index (χ0n) is 10.5.